The molecule has 6 heteroatoms. The first kappa shape index (κ1) is 22.3. The van der Waals surface area contributed by atoms with Gasteiger partial charge in [-0.25, -0.2) is 5.84 Å². The number of amides is 1. The van der Waals surface area contributed by atoms with Crippen LogP contribution in [0.15, 0.2) is 54.6 Å². The van der Waals surface area contributed by atoms with E-state index in [1.165, 1.54) is 5.56 Å². The Hall–Kier alpha value is -2.41. The lowest BCUT2D eigenvalue weighted by atomic mass is 9.74. The summed E-state index contributed by atoms with van der Waals surface area (Å²) in [7, 11) is 1.68. The molecule has 0 radical (unpaired) electrons. The number of hydrogen-bond acceptors (Lipinski definition) is 5. The molecule has 162 valence electrons. The van der Waals surface area contributed by atoms with E-state index >= 15 is 0 Å². The van der Waals surface area contributed by atoms with Crippen LogP contribution in [0.25, 0.3) is 0 Å². The summed E-state index contributed by atoms with van der Waals surface area (Å²) in [6, 6.07) is 18.5. The van der Waals surface area contributed by atoms with Crippen molar-refractivity contribution in [3.05, 3.63) is 65.7 Å². The summed E-state index contributed by atoms with van der Waals surface area (Å²) in [5, 5.41) is 3.51. The number of hydrogen-bond donors (Lipinski definition) is 3. The van der Waals surface area contributed by atoms with Crippen molar-refractivity contribution in [3.63, 3.8) is 0 Å². The zero-order chi connectivity index (χ0) is 21.4. The fourth-order valence-corrected chi connectivity index (χ4v) is 4.44. The molecule has 1 aliphatic rings. The zero-order valence-corrected chi connectivity index (χ0v) is 18.1. The highest BCUT2D eigenvalue weighted by atomic mass is 16.5. The lowest BCUT2D eigenvalue weighted by molar-refractivity contribution is -0.128. The van der Waals surface area contributed by atoms with E-state index in [9.17, 15) is 4.79 Å². The number of nitrogens with one attached hydrogen (secondary N) is 2. The third-order valence-electron chi connectivity index (χ3n) is 6.18. The Bertz CT molecular complexity index is 797. The molecule has 2 aromatic carbocycles. The van der Waals surface area contributed by atoms with Crippen LogP contribution in [0, 0.1) is 0 Å². The molecule has 0 aliphatic carbocycles. The predicted octanol–water partition coefficient (Wildman–Crippen LogP) is 2.76. The number of ether oxygens (including phenoxy) is 1. The van der Waals surface area contributed by atoms with Crippen LogP contribution in [-0.2, 0) is 10.2 Å². The van der Waals surface area contributed by atoms with Gasteiger partial charge in [-0.3, -0.25) is 15.1 Å². The Morgan fingerprint density at radius 3 is 2.60 bits per heavy atom. The molecule has 0 spiro atoms. The predicted molar refractivity (Wildman–Crippen MR) is 120 cm³/mol. The van der Waals surface area contributed by atoms with Crippen LogP contribution in [0.4, 0.5) is 0 Å². The van der Waals surface area contributed by atoms with E-state index in [1.807, 2.05) is 30.3 Å². The van der Waals surface area contributed by atoms with Gasteiger partial charge in [-0.2, -0.15) is 0 Å². The smallest absolute Gasteiger partial charge is 0.245 e. The maximum atomic E-state index is 13.2. The standard InChI is InChI=1S/C24H34N4O2/c1-3-4-14-24(23(29)27-25,20-8-6-5-7-9-20)18-28-16-15-26-17-22(28)19-10-12-21(30-2)13-11-19/h5-13,22,26H,3-4,14-18,25H2,1-2H3,(H,27,29). The second-order valence-electron chi connectivity index (χ2n) is 7.99. The molecule has 1 fully saturated rings. The van der Waals surface area contributed by atoms with Crippen molar-refractivity contribution in [3.8, 4) is 5.75 Å². The molecule has 2 atom stereocenters. The molecule has 2 aromatic rings. The maximum Gasteiger partial charge on any atom is 0.245 e. The molecule has 0 saturated carbocycles. The number of benzene rings is 2. The Kier molecular flexibility index (Phi) is 7.85. The summed E-state index contributed by atoms with van der Waals surface area (Å²) in [5.74, 6) is 6.43. The number of hydrazine groups is 1. The van der Waals surface area contributed by atoms with Gasteiger partial charge in [-0.05, 0) is 29.7 Å². The molecule has 4 N–H and O–H groups in total. The Morgan fingerprint density at radius 1 is 1.23 bits per heavy atom. The van der Waals surface area contributed by atoms with Gasteiger partial charge in [0.1, 0.15) is 5.75 Å². The average Bonchev–Trinajstić information content (AvgIpc) is 2.82. The molecule has 2 unspecified atom stereocenters. The van der Waals surface area contributed by atoms with Crippen LogP contribution >= 0.6 is 0 Å². The number of carbonyl (C=O) groups excluding carboxylic acids is 1. The normalized spacial score (nSPS) is 19.1. The summed E-state index contributed by atoms with van der Waals surface area (Å²) in [5.41, 5.74) is 4.03. The van der Waals surface area contributed by atoms with Crippen LogP contribution in [-0.4, -0.2) is 44.1 Å². The van der Waals surface area contributed by atoms with E-state index in [1.54, 1.807) is 7.11 Å². The molecule has 6 nitrogen and oxygen atoms in total. The zero-order valence-electron chi connectivity index (χ0n) is 18.1. The maximum absolute atomic E-state index is 13.2. The molecule has 1 amide bonds. The highest BCUT2D eigenvalue weighted by Gasteiger charge is 2.42. The van der Waals surface area contributed by atoms with Gasteiger partial charge in [0.15, 0.2) is 0 Å². The third-order valence-corrected chi connectivity index (χ3v) is 6.18. The second kappa shape index (κ2) is 10.6. The molecule has 0 aromatic heterocycles. The number of nitrogens with two attached hydrogens (primary N) is 1. The van der Waals surface area contributed by atoms with Gasteiger partial charge in [-0.15, -0.1) is 0 Å². The van der Waals surface area contributed by atoms with Gasteiger partial charge in [0, 0.05) is 32.2 Å². The Labute approximate surface area is 179 Å². The molecule has 3 rings (SSSR count). The van der Waals surface area contributed by atoms with Gasteiger partial charge in [-0.1, -0.05) is 62.2 Å². The van der Waals surface area contributed by atoms with Gasteiger partial charge in [0.05, 0.1) is 12.5 Å². The number of rotatable bonds is 9. The number of nitrogens with zero attached hydrogens (tertiary/aromatic N) is 1. The van der Waals surface area contributed by atoms with E-state index in [0.29, 0.717) is 6.54 Å². The van der Waals surface area contributed by atoms with Crippen molar-refractivity contribution < 1.29 is 9.53 Å². The number of unbranched alkanes of at least 4 members (excludes halogenated alkanes) is 1. The first-order chi connectivity index (χ1) is 14.6. The first-order valence-electron chi connectivity index (χ1n) is 10.8. The summed E-state index contributed by atoms with van der Waals surface area (Å²) in [4.78, 5) is 15.7. The minimum Gasteiger partial charge on any atom is -0.497 e. The summed E-state index contributed by atoms with van der Waals surface area (Å²) >= 11 is 0. The van der Waals surface area contributed by atoms with E-state index in [2.05, 4.69) is 46.8 Å². The van der Waals surface area contributed by atoms with Crippen molar-refractivity contribution in [2.45, 2.75) is 37.6 Å². The summed E-state index contributed by atoms with van der Waals surface area (Å²) in [6.45, 7) is 5.39. The van der Waals surface area contributed by atoms with Crippen molar-refractivity contribution in [2.75, 3.05) is 33.3 Å². The van der Waals surface area contributed by atoms with Crippen LogP contribution in [0.2, 0.25) is 0 Å². The number of carbonyl (C=O) groups is 1. The van der Waals surface area contributed by atoms with Gasteiger partial charge < -0.3 is 10.1 Å². The van der Waals surface area contributed by atoms with E-state index in [4.69, 9.17) is 10.6 Å². The van der Waals surface area contributed by atoms with Crippen LogP contribution < -0.4 is 21.3 Å². The Balaban J connectivity index is 1.96. The van der Waals surface area contributed by atoms with E-state index < -0.39 is 5.41 Å². The molecule has 0 bridgehead atoms. The fraction of sp³-hybridized carbons (Fsp3) is 0.458. The molecule has 30 heavy (non-hydrogen) atoms. The second-order valence-corrected chi connectivity index (χ2v) is 7.99. The fourth-order valence-electron chi connectivity index (χ4n) is 4.44. The average molecular weight is 411 g/mol. The first-order valence-corrected chi connectivity index (χ1v) is 10.8. The lowest BCUT2D eigenvalue weighted by Gasteiger charge is -2.43. The van der Waals surface area contributed by atoms with E-state index in [0.717, 1.165) is 50.2 Å². The van der Waals surface area contributed by atoms with Crippen LogP contribution in [0.1, 0.15) is 43.4 Å². The van der Waals surface area contributed by atoms with Crippen LogP contribution in [0.5, 0.6) is 5.75 Å². The number of methoxy groups -OCH3 is 1. The van der Waals surface area contributed by atoms with Crippen LogP contribution in [0.3, 0.4) is 0 Å². The van der Waals surface area contributed by atoms with Gasteiger partial charge in [0.25, 0.3) is 0 Å². The largest absolute Gasteiger partial charge is 0.497 e. The summed E-state index contributed by atoms with van der Waals surface area (Å²) in [6.07, 6.45) is 2.74. The van der Waals surface area contributed by atoms with Gasteiger partial charge >= 0.3 is 0 Å². The molecule has 1 aliphatic heterocycles. The molecule has 1 heterocycles. The molecular formula is C24H34N4O2. The van der Waals surface area contributed by atoms with E-state index in [-0.39, 0.29) is 11.9 Å². The monoisotopic (exact) mass is 410 g/mol. The van der Waals surface area contributed by atoms with Gasteiger partial charge in [0.2, 0.25) is 5.91 Å². The van der Waals surface area contributed by atoms with Crippen molar-refractivity contribution in [2.24, 2.45) is 5.84 Å². The minimum atomic E-state index is -0.686. The van der Waals surface area contributed by atoms with Crippen molar-refractivity contribution >= 4 is 5.91 Å². The minimum absolute atomic E-state index is 0.117. The molecule has 1 saturated heterocycles. The highest BCUT2D eigenvalue weighted by molar-refractivity contribution is 5.88. The Morgan fingerprint density at radius 2 is 1.97 bits per heavy atom. The van der Waals surface area contributed by atoms with Crippen molar-refractivity contribution in [1.29, 1.82) is 0 Å². The quantitative estimate of drug-likeness (QED) is 0.337. The highest BCUT2D eigenvalue weighted by Crippen LogP contribution is 2.35. The SMILES string of the molecule is CCCCC(CN1CCNCC1c1ccc(OC)cc1)(C(=O)NN)c1ccccc1. The van der Waals surface area contributed by atoms with Crippen molar-refractivity contribution in [1.82, 2.24) is 15.6 Å². The lowest BCUT2D eigenvalue weighted by Crippen LogP contribution is -2.57. The summed E-state index contributed by atoms with van der Waals surface area (Å²) < 4.78 is 5.32. The molecular weight excluding hydrogens is 376 g/mol. The third kappa shape index (κ3) is 4.83. The number of piperazine rings is 1. The topological polar surface area (TPSA) is 79.6 Å².